The number of methoxy groups -OCH3 is 1. The molecule has 2 heterocycles. The number of fused-ring (bicyclic) bond motifs is 1. The zero-order chi connectivity index (χ0) is 23.0. The van der Waals surface area contributed by atoms with Gasteiger partial charge in [-0.2, -0.15) is 0 Å². The van der Waals surface area contributed by atoms with Crippen molar-refractivity contribution in [2.24, 2.45) is 0 Å². The van der Waals surface area contributed by atoms with Gasteiger partial charge in [0.15, 0.2) is 5.65 Å². The Balaban J connectivity index is 1.85. The predicted molar refractivity (Wildman–Crippen MR) is 127 cm³/mol. The van der Waals surface area contributed by atoms with Crippen molar-refractivity contribution in [3.05, 3.63) is 84.4 Å². The van der Waals surface area contributed by atoms with Crippen LogP contribution in [-0.2, 0) is 10.0 Å². The van der Waals surface area contributed by atoms with E-state index in [0.29, 0.717) is 33.6 Å². The van der Waals surface area contributed by atoms with E-state index < -0.39 is 15.8 Å². The highest BCUT2D eigenvalue weighted by molar-refractivity contribution is 7.90. The minimum Gasteiger partial charge on any atom is -0.496 e. The molecule has 33 heavy (non-hydrogen) atoms. The van der Waals surface area contributed by atoms with E-state index in [1.807, 2.05) is 6.07 Å². The van der Waals surface area contributed by atoms with Crippen molar-refractivity contribution in [1.82, 2.24) is 8.96 Å². The summed E-state index contributed by atoms with van der Waals surface area (Å²) in [6.45, 7) is 0. The van der Waals surface area contributed by atoms with Gasteiger partial charge in [0.2, 0.25) is 0 Å². The Kier molecular flexibility index (Phi) is 5.50. The second-order valence-electron chi connectivity index (χ2n) is 8.03. The van der Waals surface area contributed by atoms with E-state index in [1.54, 1.807) is 48.7 Å². The lowest BCUT2D eigenvalue weighted by Gasteiger charge is -2.16. The Morgan fingerprint density at radius 2 is 1.82 bits per heavy atom. The Hall–Kier alpha value is -3.45. The van der Waals surface area contributed by atoms with E-state index in [9.17, 15) is 12.8 Å². The van der Waals surface area contributed by atoms with Crippen LogP contribution in [0.1, 0.15) is 31.4 Å². The fourth-order valence-corrected chi connectivity index (χ4v) is 5.95. The molecular formula is C26H23FN2O3S. The average molecular weight is 463 g/mol. The first-order chi connectivity index (χ1) is 16.0. The molecule has 0 unspecified atom stereocenters. The largest absolute Gasteiger partial charge is 0.496 e. The van der Waals surface area contributed by atoms with Crippen LogP contribution in [0.3, 0.4) is 0 Å². The first kappa shape index (κ1) is 21.4. The van der Waals surface area contributed by atoms with Crippen LogP contribution < -0.4 is 4.74 Å². The Morgan fingerprint density at radius 3 is 2.55 bits per heavy atom. The van der Waals surface area contributed by atoms with Crippen molar-refractivity contribution in [3.63, 3.8) is 0 Å². The van der Waals surface area contributed by atoms with E-state index in [1.165, 1.54) is 23.2 Å². The molecule has 0 fully saturated rings. The maximum absolute atomic E-state index is 14.2. The van der Waals surface area contributed by atoms with Gasteiger partial charge in [0.1, 0.15) is 11.6 Å². The lowest BCUT2D eigenvalue weighted by Crippen LogP contribution is -2.16. The number of allylic oxidation sites excluding steroid dienone is 2. The lowest BCUT2D eigenvalue weighted by molar-refractivity contribution is 0.415. The van der Waals surface area contributed by atoms with E-state index in [4.69, 9.17) is 4.74 Å². The van der Waals surface area contributed by atoms with E-state index in [0.717, 1.165) is 31.3 Å². The molecule has 0 amide bonds. The van der Waals surface area contributed by atoms with Gasteiger partial charge >= 0.3 is 0 Å². The van der Waals surface area contributed by atoms with Gasteiger partial charge in [0, 0.05) is 17.1 Å². The SMILES string of the molecule is COc1ccc(F)cc1-c1ccnc2c1cc(C1=CCCCC1)n2S(=O)(=O)c1ccccc1. The standard InChI is InChI=1S/C26H23FN2O3S/c1-32-25-13-12-19(27)16-22(25)21-14-15-28-26-23(21)17-24(18-8-4-2-5-9-18)29(26)33(30,31)20-10-6-3-7-11-20/h3,6-8,10-17H,2,4-5,9H2,1H3. The summed E-state index contributed by atoms with van der Waals surface area (Å²) >= 11 is 0. The van der Waals surface area contributed by atoms with Crippen LogP contribution in [0.25, 0.3) is 27.7 Å². The van der Waals surface area contributed by atoms with Crippen LogP contribution in [-0.4, -0.2) is 24.5 Å². The number of ether oxygens (including phenoxy) is 1. The van der Waals surface area contributed by atoms with Crippen LogP contribution in [0.15, 0.2) is 77.8 Å². The average Bonchev–Trinajstić information content (AvgIpc) is 3.26. The number of pyridine rings is 1. The maximum Gasteiger partial charge on any atom is 0.269 e. The number of rotatable bonds is 5. The summed E-state index contributed by atoms with van der Waals surface area (Å²) in [5.74, 6) is 0.100. The smallest absolute Gasteiger partial charge is 0.269 e. The molecule has 0 saturated heterocycles. The summed E-state index contributed by atoms with van der Waals surface area (Å²) in [6.07, 6.45) is 7.44. The van der Waals surface area contributed by atoms with Crippen molar-refractivity contribution >= 4 is 26.6 Å². The van der Waals surface area contributed by atoms with Gasteiger partial charge in [0.05, 0.1) is 17.7 Å². The third-order valence-corrected chi connectivity index (χ3v) is 7.73. The highest BCUT2D eigenvalue weighted by atomic mass is 32.2. The van der Waals surface area contributed by atoms with Crippen LogP contribution in [0, 0.1) is 5.82 Å². The minimum atomic E-state index is -3.92. The third-order valence-electron chi connectivity index (χ3n) is 6.01. The van der Waals surface area contributed by atoms with Crippen LogP contribution >= 0.6 is 0 Å². The molecule has 168 valence electrons. The summed E-state index contributed by atoms with van der Waals surface area (Å²) in [7, 11) is -2.39. The van der Waals surface area contributed by atoms with Gasteiger partial charge in [-0.15, -0.1) is 0 Å². The summed E-state index contributed by atoms with van der Waals surface area (Å²) in [5.41, 5.74) is 3.10. The second-order valence-corrected chi connectivity index (χ2v) is 9.81. The molecule has 0 bridgehead atoms. The predicted octanol–water partition coefficient (Wildman–Crippen LogP) is 6.05. The number of aromatic nitrogens is 2. The van der Waals surface area contributed by atoms with E-state index in [2.05, 4.69) is 11.1 Å². The van der Waals surface area contributed by atoms with E-state index in [-0.39, 0.29) is 4.90 Å². The van der Waals surface area contributed by atoms with Gasteiger partial charge in [-0.3, -0.25) is 0 Å². The quantitative estimate of drug-likeness (QED) is 0.362. The fraction of sp³-hybridized carbons (Fsp3) is 0.192. The summed E-state index contributed by atoms with van der Waals surface area (Å²) in [6, 6.07) is 16.3. The van der Waals surface area contributed by atoms with Gasteiger partial charge in [-0.1, -0.05) is 24.3 Å². The molecule has 0 N–H and O–H groups in total. The van der Waals surface area contributed by atoms with Crippen LogP contribution in [0.5, 0.6) is 5.75 Å². The Bertz CT molecular complexity index is 1470. The molecule has 4 aromatic rings. The fourth-order valence-electron chi connectivity index (χ4n) is 4.44. The van der Waals surface area contributed by atoms with Gasteiger partial charge in [0.25, 0.3) is 10.0 Å². The van der Waals surface area contributed by atoms with Crippen molar-refractivity contribution < 1.29 is 17.5 Å². The third kappa shape index (κ3) is 3.72. The second kappa shape index (κ2) is 8.48. The molecule has 0 atom stereocenters. The molecule has 5 nitrogen and oxygen atoms in total. The first-order valence-electron chi connectivity index (χ1n) is 10.8. The molecule has 0 radical (unpaired) electrons. The summed E-state index contributed by atoms with van der Waals surface area (Å²) in [4.78, 5) is 4.66. The van der Waals surface area contributed by atoms with Crippen LogP contribution in [0.4, 0.5) is 4.39 Å². The van der Waals surface area contributed by atoms with Crippen LogP contribution in [0.2, 0.25) is 0 Å². The van der Waals surface area contributed by atoms with Gasteiger partial charge in [-0.25, -0.2) is 21.8 Å². The highest BCUT2D eigenvalue weighted by Crippen LogP contribution is 2.39. The minimum absolute atomic E-state index is 0.190. The molecule has 1 aliphatic carbocycles. The van der Waals surface area contributed by atoms with Crippen molar-refractivity contribution in [3.8, 4) is 16.9 Å². The molecule has 0 saturated carbocycles. The zero-order valence-electron chi connectivity index (χ0n) is 18.2. The Labute approximate surface area is 192 Å². The summed E-state index contributed by atoms with van der Waals surface area (Å²) < 4.78 is 48.6. The number of nitrogens with zero attached hydrogens (tertiary/aromatic N) is 2. The molecule has 5 rings (SSSR count). The monoisotopic (exact) mass is 462 g/mol. The summed E-state index contributed by atoms with van der Waals surface area (Å²) in [5, 5.41) is 0.627. The number of hydrogen-bond acceptors (Lipinski definition) is 4. The van der Waals surface area contributed by atoms with Gasteiger partial charge in [-0.05, 0) is 79.3 Å². The van der Waals surface area contributed by atoms with Crippen molar-refractivity contribution in [2.45, 2.75) is 30.6 Å². The normalized spacial score (nSPS) is 14.3. The molecule has 2 aromatic heterocycles. The van der Waals surface area contributed by atoms with Gasteiger partial charge < -0.3 is 4.74 Å². The molecule has 2 aromatic carbocycles. The molecule has 1 aliphatic rings. The highest BCUT2D eigenvalue weighted by Gasteiger charge is 2.27. The Morgan fingerprint density at radius 1 is 1.00 bits per heavy atom. The topological polar surface area (TPSA) is 61.2 Å². The molecule has 7 heteroatoms. The molecule has 0 spiro atoms. The first-order valence-corrected chi connectivity index (χ1v) is 12.3. The van der Waals surface area contributed by atoms with Crippen molar-refractivity contribution in [1.29, 1.82) is 0 Å². The number of halogens is 1. The van der Waals surface area contributed by atoms with Crippen molar-refractivity contribution in [2.75, 3.05) is 7.11 Å². The number of hydrogen-bond donors (Lipinski definition) is 0. The van der Waals surface area contributed by atoms with E-state index >= 15 is 0 Å². The molecule has 0 aliphatic heterocycles. The number of benzene rings is 2. The lowest BCUT2D eigenvalue weighted by atomic mass is 9.96. The maximum atomic E-state index is 14.2. The molecular weight excluding hydrogens is 439 g/mol. The zero-order valence-corrected chi connectivity index (χ0v) is 19.0.